The molecule has 0 saturated heterocycles. The van der Waals surface area contributed by atoms with Crippen molar-refractivity contribution in [1.29, 1.82) is 0 Å². The molecule has 3 nitrogen and oxygen atoms in total. The van der Waals surface area contributed by atoms with Crippen LogP contribution in [-0.4, -0.2) is 16.5 Å². The Kier molecular flexibility index (Phi) is 12.0. The lowest BCUT2D eigenvalue weighted by molar-refractivity contribution is 0.104. The lowest BCUT2D eigenvalue weighted by atomic mass is 9.85. The SMILES string of the molecule is C=CC(=O)c1cccc(C2=NC(c3ccc(C)c(Cl)c3)=C(CC(C)C)C2CC)n1.CC.CC. The molecule has 2 heterocycles. The summed E-state index contributed by atoms with van der Waals surface area (Å²) in [6.07, 6.45) is 3.17. The molecule has 2 aromatic rings. The minimum Gasteiger partial charge on any atom is -0.288 e. The van der Waals surface area contributed by atoms with Crippen LogP contribution in [0.25, 0.3) is 5.70 Å². The molecule has 33 heavy (non-hydrogen) atoms. The summed E-state index contributed by atoms with van der Waals surface area (Å²) in [7, 11) is 0. The van der Waals surface area contributed by atoms with Crippen LogP contribution in [0.3, 0.4) is 0 Å². The number of benzene rings is 1. The highest BCUT2D eigenvalue weighted by molar-refractivity contribution is 6.31. The number of pyridine rings is 1. The van der Waals surface area contributed by atoms with Gasteiger partial charge in [-0.15, -0.1) is 0 Å². The van der Waals surface area contributed by atoms with Crippen molar-refractivity contribution in [3.8, 4) is 0 Å². The number of rotatable bonds is 7. The molecule has 0 fully saturated rings. The maximum absolute atomic E-state index is 12.1. The molecule has 0 spiro atoms. The lowest BCUT2D eigenvalue weighted by Gasteiger charge is -2.18. The van der Waals surface area contributed by atoms with Gasteiger partial charge in [0.2, 0.25) is 5.78 Å². The lowest BCUT2D eigenvalue weighted by Crippen LogP contribution is -2.17. The largest absolute Gasteiger partial charge is 0.288 e. The van der Waals surface area contributed by atoms with Gasteiger partial charge in [-0.1, -0.05) is 84.8 Å². The van der Waals surface area contributed by atoms with Crippen molar-refractivity contribution >= 4 is 28.8 Å². The highest BCUT2D eigenvalue weighted by atomic mass is 35.5. The van der Waals surface area contributed by atoms with Gasteiger partial charge in [0.1, 0.15) is 5.69 Å². The molecule has 0 bridgehead atoms. The summed E-state index contributed by atoms with van der Waals surface area (Å²) in [4.78, 5) is 21.7. The topological polar surface area (TPSA) is 42.3 Å². The van der Waals surface area contributed by atoms with Gasteiger partial charge >= 0.3 is 0 Å². The molecule has 4 heteroatoms. The molecule has 0 N–H and O–H groups in total. The van der Waals surface area contributed by atoms with E-state index in [-0.39, 0.29) is 11.7 Å². The Bertz CT molecular complexity index is 1020. The summed E-state index contributed by atoms with van der Waals surface area (Å²) < 4.78 is 0. The molecule has 1 aromatic carbocycles. The number of allylic oxidation sites excluding steroid dienone is 2. The van der Waals surface area contributed by atoms with Gasteiger partial charge in [-0.2, -0.15) is 0 Å². The van der Waals surface area contributed by atoms with Gasteiger partial charge in [0.15, 0.2) is 0 Å². The van der Waals surface area contributed by atoms with Gasteiger partial charge in [0.05, 0.1) is 17.1 Å². The monoisotopic (exact) mass is 466 g/mol. The van der Waals surface area contributed by atoms with Gasteiger partial charge in [0.25, 0.3) is 0 Å². The summed E-state index contributed by atoms with van der Waals surface area (Å²) in [5, 5.41) is 0.743. The molecule has 0 radical (unpaired) electrons. The van der Waals surface area contributed by atoms with E-state index >= 15 is 0 Å². The van der Waals surface area contributed by atoms with Crippen molar-refractivity contribution in [2.24, 2.45) is 16.8 Å². The molecular weight excluding hydrogens is 428 g/mol. The van der Waals surface area contributed by atoms with Gasteiger partial charge in [-0.25, -0.2) is 9.98 Å². The predicted molar refractivity (Wildman–Crippen MR) is 144 cm³/mol. The Labute approximate surface area is 205 Å². The van der Waals surface area contributed by atoms with E-state index in [9.17, 15) is 4.79 Å². The summed E-state index contributed by atoms with van der Waals surface area (Å²) in [5.41, 5.74) is 6.46. The van der Waals surface area contributed by atoms with Gasteiger partial charge in [-0.3, -0.25) is 4.79 Å². The first kappa shape index (κ1) is 28.5. The molecule has 1 aliphatic heterocycles. The van der Waals surface area contributed by atoms with Crippen molar-refractivity contribution in [2.45, 2.75) is 68.2 Å². The fraction of sp³-hybridized carbons (Fsp3) is 0.414. The van der Waals surface area contributed by atoms with Crippen LogP contribution < -0.4 is 0 Å². The maximum Gasteiger partial charge on any atom is 0.203 e. The molecule has 1 aliphatic rings. The maximum atomic E-state index is 12.1. The molecule has 1 atom stereocenters. The van der Waals surface area contributed by atoms with Crippen molar-refractivity contribution in [1.82, 2.24) is 4.98 Å². The van der Waals surface area contributed by atoms with Crippen LogP contribution in [0, 0.1) is 18.8 Å². The molecule has 0 saturated carbocycles. The van der Waals surface area contributed by atoms with Crippen molar-refractivity contribution in [3.05, 3.63) is 82.2 Å². The standard InChI is InChI=1S/C25H27ClN2O.2C2H6/c1-6-18-19(13-15(3)4)24(17-12-11-16(5)20(26)14-17)28-25(18)22-10-8-9-21(27-22)23(29)7-2;2*1-2/h7-12,14-15,18H,2,6,13H2,1,3-5H3;2*1-2H3. The first-order valence-corrected chi connectivity index (χ1v) is 12.5. The second kappa shape index (κ2) is 13.9. The summed E-state index contributed by atoms with van der Waals surface area (Å²) >= 11 is 6.41. The smallest absolute Gasteiger partial charge is 0.203 e. The van der Waals surface area contributed by atoms with Crippen molar-refractivity contribution < 1.29 is 4.79 Å². The number of hydrogen-bond acceptors (Lipinski definition) is 3. The third-order valence-corrected chi connectivity index (χ3v) is 5.63. The van der Waals surface area contributed by atoms with Crippen LogP contribution in [0.5, 0.6) is 0 Å². The van der Waals surface area contributed by atoms with Crippen molar-refractivity contribution in [3.63, 3.8) is 0 Å². The summed E-state index contributed by atoms with van der Waals surface area (Å²) in [5.74, 6) is 0.500. The van der Waals surface area contributed by atoms with Crippen LogP contribution in [0.1, 0.15) is 88.6 Å². The molecule has 178 valence electrons. The zero-order valence-electron chi connectivity index (χ0n) is 21.5. The van der Waals surface area contributed by atoms with Gasteiger partial charge < -0.3 is 0 Å². The molecule has 3 rings (SSSR count). The predicted octanol–water partition coefficient (Wildman–Crippen LogP) is 8.75. The van der Waals surface area contributed by atoms with Crippen LogP contribution in [0.2, 0.25) is 5.02 Å². The van der Waals surface area contributed by atoms with E-state index in [4.69, 9.17) is 16.6 Å². The molecular formula is C29H39ClN2O. The zero-order valence-corrected chi connectivity index (χ0v) is 22.3. The number of halogens is 1. The first-order valence-electron chi connectivity index (χ1n) is 12.1. The first-order chi connectivity index (χ1) is 15.8. The second-order valence-electron chi connectivity index (χ2n) is 7.87. The van der Waals surface area contributed by atoms with E-state index in [1.54, 1.807) is 6.07 Å². The molecule has 1 aromatic heterocycles. The zero-order chi connectivity index (χ0) is 25.1. The van der Waals surface area contributed by atoms with E-state index in [0.29, 0.717) is 11.6 Å². The van der Waals surface area contributed by atoms with Crippen molar-refractivity contribution in [2.75, 3.05) is 0 Å². The Hall–Kier alpha value is -2.52. The molecule has 0 amide bonds. The average molecular weight is 467 g/mol. The minimum atomic E-state index is -0.181. The minimum absolute atomic E-state index is 0.175. The van der Waals surface area contributed by atoms with E-state index in [0.717, 1.165) is 46.1 Å². The third kappa shape index (κ3) is 6.98. The molecule has 1 unspecified atom stereocenters. The Morgan fingerprint density at radius 2 is 1.82 bits per heavy atom. The summed E-state index contributed by atoms with van der Waals surface area (Å²) in [6, 6.07) is 11.6. The number of hydrogen-bond donors (Lipinski definition) is 0. The Morgan fingerprint density at radius 3 is 2.36 bits per heavy atom. The number of nitrogens with zero attached hydrogens (tertiary/aromatic N) is 2. The quantitative estimate of drug-likeness (QED) is 0.302. The molecule has 0 aliphatic carbocycles. The van der Waals surface area contributed by atoms with E-state index in [1.807, 2.05) is 58.9 Å². The fourth-order valence-electron chi connectivity index (χ4n) is 3.76. The van der Waals surface area contributed by atoms with Gasteiger partial charge in [0, 0.05) is 16.5 Å². The van der Waals surface area contributed by atoms with Crippen LogP contribution in [0.15, 0.2) is 59.6 Å². The van der Waals surface area contributed by atoms with Gasteiger partial charge in [-0.05, 0) is 61.1 Å². The average Bonchev–Trinajstić information content (AvgIpc) is 3.20. The third-order valence-electron chi connectivity index (χ3n) is 5.22. The van der Waals surface area contributed by atoms with E-state index in [2.05, 4.69) is 38.4 Å². The number of ketones is 1. The number of aromatic nitrogens is 1. The highest BCUT2D eigenvalue weighted by Gasteiger charge is 2.31. The van der Waals surface area contributed by atoms with Crippen LogP contribution >= 0.6 is 11.6 Å². The number of carbonyl (C=O) groups excluding carboxylic acids is 1. The van der Waals surface area contributed by atoms with E-state index < -0.39 is 0 Å². The fourth-order valence-corrected chi connectivity index (χ4v) is 3.94. The van der Waals surface area contributed by atoms with Crippen LogP contribution in [0.4, 0.5) is 0 Å². The number of aliphatic imine (C=N–C) groups is 1. The van der Waals surface area contributed by atoms with Crippen LogP contribution in [-0.2, 0) is 0 Å². The highest BCUT2D eigenvalue weighted by Crippen LogP contribution is 2.40. The van der Waals surface area contributed by atoms with E-state index in [1.165, 1.54) is 11.6 Å². The number of aryl methyl sites for hydroxylation is 1. The Balaban J connectivity index is 0.00000129. The second-order valence-corrected chi connectivity index (χ2v) is 8.28. The normalized spacial score (nSPS) is 14.7. The Morgan fingerprint density at radius 1 is 1.15 bits per heavy atom. The summed E-state index contributed by atoms with van der Waals surface area (Å²) in [6.45, 7) is 20.2. The number of carbonyl (C=O) groups is 1.